The number of ketones is 2. The van der Waals surface area contributed by atoms with E-state index in [0.717, 1.165) is 24.8 Å². The van der Waals surface area contributed by atoms with Crippen LogP contribution in [0.3, 0.4) is 0 Å². The van der Waals surface area contributed by atoms with Crippen LogP contribution in [0.5, 0.6) is 0 Å². The van der Waals surface area contributed by atoms with Gasteiger partial charge in [-0.15, -0.1) is 0 Å². The number of unbranched alkanes of at least 4 members (excludes halogenated alkanes) is 11. The zero-order valence-electron chi connectivity index (χ0n) is 19.2. The molecule has 0 saturated heterocycles. The highest BCUT2D eigenvalue weighted by Crippen LogP contribution is 2.29. The lowest BCUT2D eigenvalue weighted by Gasteiger charge is -2.18. The molecule has 0 heterocycles. The fourth-order valence-corrected chi connectivity index (χ4v) is 4.22. The summed E-state index contributed by atoms with van der Waals surface area (Å²) >= 11 is 0. The van der Waals surface area contributed by atoms with Gasteiger partial charge in [-0.3, -0.25) is 9.59 Å². The van der Waals surface area contributed by atoms with Crippen molar-refractivity contribution in [1.82, 2.24) is 0 Å². The molecule has 0 atom stereocenters. The first-order chi connectivity index (χ1) is 14.7. The van der Waals surface area contributed by atoms with E-state index in [1.807, 2.05) is 19.1 Å². The number of carbonyl (C=O) groups is 2. The van der Waals surface area contributed by atoms with Crippen LogP contribution in [0.15, 0.2) is 47.6 Å². The maximum Gasteiger partial charge on any atom is 0.190 e. The van der Waals surface area contributed by atoms with Crippen LogP contribution in [0.25, 0.3) is 0 Å². The van der Waals surface area contributed by atoms with Gasteiger partial charge < -0.3 is 0 Å². The smallest absolute Gasteiger partial charge is 0.190 e. The third-order valence-electron chi connectivity index (χ3n) is 6.17. The monoisotopic (exact) mass is 408 g/mol. The van der Waals surface area contributed by atoms with Crippen molar-refractivity contribution in [2.24, 2.45) is 0 Å². The second kappa shape index (κ2) is 14.1. The molecule has 30 heavy (non-hydrogen) atoms. The van der Waals surface area contributed by atoms with Crippen molar-refractivity contribution in [3.8, 4) is 0 Å². The fourth-order valence-electron chi connectivity index (χ4n) is 4.22. The Hall–Kier alpha value is -1.96. The van der Waals surface area contributed by atoms with Crippen LogP contribution in [0.1, 0.15) is 124 Å². The van der Waals surface area contributed by atoms with E-state index in [9.17, 15) is 9.59 Å². The topological polar surface area (TPSA) is 34.1 Å². The molecule has 1 aliphatic carbocycles. The highest BCUT2D eigenvalue weighted by atomic mass is 16.1. The van der Waals surface area contributed by atoms with E-state index in [0.29, 0.717) is 16.7 Å². The molecule has 0 fully saturated rings. The number of rotatable bonds is 15. The molecule has 0 radical (unpaired) electrons. The van der Waals surface area contributed by atoms with Crippen LogP contribution in [0.4, 0.5) is 0 Å². The summed E-state index contributed by atoms with van der Waals surface area (Å²) in [7, 11) is 0. The van der Waals surface area contributed by atoms with Crippen molar-refractivity contribution in [2.45, 2.75) is 104 Å². The van der Waals surface area contributed by atoms with Gasteiger partial charge in [-0.05, 0) is 45.4 Å². The molecule has 0 N–H and O–H groups in total. The number of Topliss-reactive ketones (excluding diaryl/α,β-unsaturated/α-hetero) is 2. The van der Waals surface area contributed by atoms with Crippen LogP contribution in [0.2, 0.25) is 0 Å². The zero-order chi connectivity index (χ0) is 21.6. The van der Waals surface area contributed by atoms with E-state index in [1.54, 1.807) is 12.1 Å². The van der Waals surface area contributed by atoms with E-state index in [-0.39, 0.29) is 11.6 Å². The van der Waals surface area contributed by atoms with Gasteiger partial charge in [0.05, 0.1) is 0 Å². The van der Waals surface area contributed by atoms with Gasteiger partial charge in [-0.2, -0.15) is 0 Å². The number of hydrogen-bond donors (Lipinski definition) is 0. The largest absolute Gasteiger partial charge is 0.289 e. The minimum atomic E-state index is 0.0212. The number of carbonyl (C=O) groups excluding carboxylic acids is 2. The first kappa shape index (κ1) is 24.3. The van der Waals surface area contributed by atoms with Crippen LogP contribution < -0.4 is 0 Å². The molecule has 0 aromatic heterocycles. The van der Waals surface area contributed by atoms with Crippen molar-refractivity contribution in [2.75, 3.05) is 0 Å². The summed E-state index contributed by atoms with van der Waals surface area (Å²) < 4.78 is 0. The Morgan fingerprint density at radius 1 is 0.667 bits per heavy atom. The van der Waals surface area contributed by atoms with Crippen LogP contribution >= 0.6 is 0 Å². The Labute approximate surface area is 183 Å². The molecule has 2 nitrogen and oxygen atoms in total. The van der Waals surface area contributed by atoms with Crippen molar-refractivity contribution < 1.29 is 9.59 Å². The van der Waals surface area contributed by atoms with Crippen LogP contribution in [-0.4, -0.2) is 11.6 Å². The van der Waals surface area contributed by atoms with E-state index >= 15 is 0 Å². The molecule has 2 heteroatoms. The van der Waals surface area contributed by atoms with E-state index in [4.69, 9.17) is 0 Å². The normalized spacial score (nSPS) is 14.1. The molecule has 1 aromatic carbocycles. The maximum absolute atomic E-state index is 12.7. The summed E-state index contributed by atoms with van der Waals surface area (Å²) in [5.41, 5.74) is 2.52. The lowest BCUT2D eigenvalue weighted by Crippen LogP contribution is -2.20. The van der Waals surface area contributed by atoms with Gasteiger partial charge in [0.15, 0.2) is 11.6 Å². The lowest BCUT2D eigenvalue weighted by molar-refractivity contribution is 0.0971. The third kappa shape index (κ3) is 7.70. The van der Waals surface area contributed by atoms with Crippen LogP contribution in [0, 0.1) is 0 Å². The van der Waals surface area contributed by atoms with E-state index < -0.39 is 0 Å². The maximum atomic E-state index is 12.7. The molecule has 0 amide bonds. The Bertz CT molecular complexity index is 739. The van der Waals surface area contributed by atoms with Gasteiger partial charge in [-0.1, -0.05) is 94.7 Å². The summed E-state index contributed by atoms with van der Waals surface area (Å²) in [6, 6.07) is 7.20. The molecule has 164 valence electrons. The predicted octanol–water partition coefficient (Wildman–Crippen LogP) is 8.42. The highest BCUT2D eigenvalue weighted by Gasteiger charge is 2.28. The average molecular weight is 409 g/mol. The molecule has 1 aliphatic rings. The summed E-state index contributed by atoms with van der Waals surface area (Å²) in [6.07, 6.45) is 21.9. The first-order valence-electron chi connectivity index (χ1n) is 12.2. The zero-order valence-corrected chi connectivity index (χ0v) is 19.2. The minimum absolute atomic E-state index is 0.0212. The standard InChI is InChI=1S/C28H40O2/c1-3-4-5-6-7-8-9-10-11-12-13-14-15-16-17-20-24-23(2)27(29)25-21-18-19-22-26(25)28(24)30/h10-11,18-19,21-22H,3-9,12-17,20H2,1-2H3/b11-10-. The van der Waals surface area contributed by atoms with E-state index in [1.165, 1.54) is 70.6 Å². The van der Waals surface area contributed by atoms with Crippen molar-refractivity contribution >= 4 is 11.6 Å². The summed E-state index contributed by atoms with van der Waals surface area (Å²) in [4.78, 5) is 25.3. The molecule has 0 spiro atoms. The molecule has 1 aromatic rings. The second-order valence-electron chi connectivity index (χ2n) is 8.64. The summed E-state index contributed by atoms with van der Waals surface area (Å²) in [5, 5.41) is 0. The fraction of sp³-hybridized carbons (Fsp3) is 0.571. The van der Waals surface area contributed by atoms with Gasteiger partial charge >= 0.3 is 0 Å². The highest BCUT2D eigenvalue weighted by molar-refractivity contribution is 6.26. The molecular weight excluding hydrogens is 368 g/mol. The molecule has 0 unspecified atom stereocenters. The minimum Gasteiger partial charge on any atom is -0.289 e. The second-order valence-corrected chi connectivity index (χ2v) is 8.64. The Morgan fingerprint density at radius 3 is 1.77 bits per heavy atom. The third-order valence-corrected chi connectivity index (χ3v) is 6.17. The average Bonchev–Trinajstić information content (AvgIpc) is 2.77. The van der Waals surface area contributed by atoms with E-state index in [2.05, 4.69) is 19.1 Å². The number of benzene rings is 1. The molecule has 0 aliphatic heterocycles. The predicted molar refractivity (Wildman–Crippen MR) is 127 cm³/mol. The number of allylic oxidation sites excluding steroid dienone is 4. The van der Waals surface area contributed by atoms with Crippen molar-refractivity contribution in [1.29, 1.82) is 0 Å². The Kier molecular flexibility index (Phi) is 11.4. The van der Waals surface area contributed by atoms with Crippen molar-refractivity contribution in [3.63, 3.8) is 0 Å². The Balaban J connectivity index is 1.54. The number of fused-ring (bicyclic) bond motifs is 1. The van der Waals surface area contributed by atoms with Gasteiger partial charge in [0.25, 0.3) is 0 Å². The van der Waals surface area contributed by atoms with Gasteiger partial charge in [-0.25, -0.2) is 0 Å². The van der Waals surface area contributed by atoms with Gasteiger partial charge in [0.1, 0.15) is 0 Å². The molecule has 0 bridgehead atoms. The van der Waals surface area contributed by atoms with Gasteiger partial charge in [0.2, 0.25) is 0 Å². The quantitative estimate of drug-likeness (QED) is 0.215. The molecular formula is C28H40O2. The molecule has 0 saturated carbocycles. The molecule has 2 rings (SSSR count). The summed E-state index contributed by atoms with van der Waals surface area (Å²) in [5.74, 6) is 0.0751. The lowest BCUT2D eigenvalue weighted by atomic mass is 9.82. The SMILES string of the molecule is CCCCCCCC/C=C\CCCCCCCC1=C(C)C(=O)c2ccccc2C1=O. The van der Waals surface area contributed by atoms with Crippen LogP contribution in [-0.2, 0) is 0 Å². The summed E-state index contributed by atoms with van der Waals surface area (Å²) in [6.45, 7) is 4.07. The van der Waals surface area contributed by atoms with Crippen molar-refractivity contribution in [3.05, 3.63) is 58.7 Å². The Morgan fingerprint density at radius 2 is 1.17 bits per heavy atom. The van der Waals surface area contributed by atoms with Gasteiger partial charge in [0, 0.05) is 22.3 Å². The first-order valence-corrected chi connectivity index (χ1v) is 12.2. The number of hydrogen-bond acceptors (Lipinski definition) is 2.